The summed E-state index contributed by atoms with van der Waals surface area (Å²) in [4.78, 5) is 11.9. The topological polar surface area (TPSA) is 66.9 Å². The predicted molar refractivity (Wildman–Crippen MR) is 105 cm³/mol. The number of nitrogens with one attached hydrogen (secondary N) is 2. The molecule has 138 valence electrons. The van der Waals surface area contributed by atoms with Crippen LogP contribution in [0.2, 0.25) is 0 Å². The molecule has 0 atom stereocenters. The van der Waals surface area contributed by atoms with E-state index in [9.17, 15) is 9.18 Å². The third kappa shape index (κ3) is 6.38. The van der Waals surface area contributed by atoms with Crippen LogP contribution in [0.5, 0.6) is 0 Å². The number of carbonyl (C=O) groups is 1. The van der Waals surface area contributed by atoms with E-state index >= 15 is 0 Å². The molecule has 0 radical (unpaired) electrons. The van der Waals surface area contributed by atoms with Gasteiger partial charge in [0.05, 0.1) is 5.75 Å². The van der Waals surface area contributed by atoms with Gasteiger partial charge in [0.15, 0.2) is 0 Å². The lowest BCUT2D eigenvalue weighted by molar-refractivity contribution is -0.118. The molecule has 1 amide bonds. The van der Waals surface area contributed by atoms with Crippen LogP contribution in [0.4, 0.5) is 10.2 Å². The smallest absolute Gasteiger partial charge is 0.230 e. The highest BCUT2D eigenvalue weighted by atomic mass is 32.2. The van der Waals surface area contributed by atoms with E-state index in [0.717, 1.165) is 11.1 Å². The van der Waals surface area contributed by atoms with E-state index in [0.29, 0.717) is 23.9 Å². The largest absolute Gasteiger partial charge is 0.365 e. The zero-order chi connectivity index (χ0) is 18.9. The molecule has 0 fully saturated rings. The second kappa shape index (κ2) is 9.68. The van der Waals surface area contributed by atoms with Crippen molar-refractivity contribution in [3.63, 3.8) is 0 Å². The lowest BCUT2D eigenvalue weighted by atomic mass is 10.2. The lowest BCUT2D eigenvalue weighted by Gasteiger charge is -2.06. The number of carbonyl (C=O) groups excluding carboxylic acids is 1. The van der Waals surface area contributed by atoms with Crippen molar-refractivity contribution in [1.82, 2.24) is 15.5 Å². The van der Waals surface area contributed by atoms with Crippen molar-refractivity contribution in [1.29, 1.82) is 0 Å². The molecule has 5 nitrogen and oxygen atoms in total. The Morgan fingerprint density at radius 1 is 0.889 bits per heavy atom. The molecule has 0 saturated carbocycles. The number of halogens is 1. The van der Waals surface area contributed by atoms with Crippen molar-refractivity contribution >= 4 is 23.5 Å². The second-order valence-electron chi connectivity index (χ2n) is 5.79. The standard InChI is InChI=1S/C20H19FN4OS/c21-17-8-6-16(7-9-17)13-23-19(26)14-27-20-11-10-18(24-25-20)22-12-15-4-2-1-3-5-15/h1-11H,12-14H2,(H,22,24)(H,23,26). The summed E-state index contributed by atoms with van der Waals surface area (Å²) in [5, 5.41) is 14.9. The van der Waals surface area contributed by atoms with Crippen LogP contribution in [0.25, 0.3) is 0 Å². The van der Waals surface area contributed by atoms with Gasteiger partial charge in [0, 0.05) is 13.1 Å². The number of thioether (sulfide) groups is 1. The van der Waals surface area contributed by atoms with Gasteiger partial charge in [0.25, 0.3) is 0 Å². The Balaban J connectivity index is 1.40. The first kappa shape index (κ1) is 18.8. The fraction of sp³-hybridized carbons (Fsp3) is 0.150. The first-order valence-electron chi connectivity index (χ1n) is 8.44. The molecule has 0 bridgehead atoms. The molecule has 0 aliphatic carbocycles. The average molecular weight is 382 g/mol. The minimum atomic E-state index is -0.291. The van der Waals surface area contributed by atoms with Crippen LogP contribution < -0.4 is 10.6 Å². The number of aromatic nitrogens is 2. The molecule has 27 heavy (non-hydrogen) atoms. The third-order valence-electron chi connectivity index (χ3n) is 3.71. The van der Waals surface area contributed by atoms with Crippen molar-refractivity contribution in [3.8, 4) is 0 Å². The predicted octanol–water partition coefficient (Wildman–Crippen LogP) is 3.64. The summed E-state index contributed by atoms with van der Waals surface area (Å²) < 4.78 is 12.8. The second-order valence-corrected chi connectivity index (χ2v) is 6.78. The first-order chi connectivity index (χ1) is 13.2. The molecule has 2 N–H and O–H groups in total. The van der Waals surface area contributed by atoms with Crippen LogP contribution in [0.1, 0.15) is 11.1 Å². The fourth-order valence-electron chi connectivity index (χ4n) is 2.27. The number of hydrogen-bond donors (Lipinski definition) is 2. The molecule has 0 spiro atoms. The van der Waals surface area contributed by atoms with Crippen molar-refractivity contribution in [2.75, 3.05) is 11.1 Å². The van der Waals surface area contributed by atoms with E-state index in [2.05, 4.69) is 20.8 Å². The fourth-order valence-corrected chi connectivity index (χ4v) is 2.92. The molecule has 7 heteroatoms. The summed E-state index contributed by atoms with van der Waals surface area (Å²) in [6, 6.07) is 19.7. The minimum absolute atomic E-state index is 0.114. The molecular formula is C20H19FN4OS. The lowest BCUT2D eigenvalue weighted by Crippen LogP contribution is -2.24. The zero-order valence-corrected chi connectivity index (χ0v) is 15.4. The molecule has 0 aliphatic rings. The number of rotatable bonds is 8. The van der Waals surface area contributed by atoms with Crippen molar-refractivity contribution in [3.05, 3.63) is 83.7 Å². The van der Waals surface area contributed by atoms with E-state index in [1.54, 1.807) is 12.1 Å². The van der Waals surface area contributed by atoms with Crippen LogP contribution in [0.3, 0.4) is 0 Å². The van der Waals surface area contributed by atoms with Crippen LogP contribution in [0.15, 0.2) is 71.8 Å². The monoisotopic (exact) mass is 382 g/mol. The third-order valence-corrected chi connectivity index (χ3v) is 4.63. The summed E-state index contributed by atoms with van der Waals surface area (Å²) >= 11 is 1.32. The summed E-state index contributed by atoms with van der Waals surface area (Å²) in [5.74, 6) is 0.523. The van der Waals surface area contributed by atoms with Gasteiger partial charge in [-0.1, -0.05) is 54.2 Å². The number of anilines is 1. The molecule has 1 heterocycles. The summed E-state index contributed by atoms with van der Waals surface area (Å²) in [6.45, 7) is 1.04. The highest BCUT2D eigenvalue weighted by molar-refractivity contribution is 7.99. The molecule has 0 aliphatic heterocycles. The summed E-state index contributed by atoms with van der Waals surface area (Å²) in [7, 11) is 0. The zero-order valence-electron chi connectivity index (χ0n) is 14.6. The maximum absolute atomic E-state index is 12.8. The van der Waals surface area contributed by atoms with Gasteiger partial charge in [0.2, 0.25) is 5.91 Å². The molecule has 1 aromatic heterocycles. The van der Waals surface area contributed by atoms with Gasteiger partial charge in [-0.3, -0.25) is 4.79 Å². The molecular weight excluding hydrogens is 363 g/mol. The maximum Gasteiger partial charge on any atom is 0.230 e. The minimum Gasteiger partial charge on any atom is -0.365 e. The number of nitrogens with zero attached hydrogens (tertiary/aromatic N) is 2. The Kier molecular flexibility index (Phi) is 6.76. The molecule has 3 rings (SSSR count). The van der Waals surface area contributed by atoms with E-state index in [1.807, 2.05) is 42.5 Å². The van der Waals surface area contributed by atoms with Gasteiger partial charge in [0.1, 0.15) is 16.7 Å². The van der Waals surface area contributed by atoms with Gasteiger partial charge in [-0.15, -0.1) is 10.2 Å². The van der Waals surface area contributed by atoms with Crippen LogP contribution in [-0.2, 0) is 17.9 Å². The van der Waals surface area contributed by atoms with Crippen LogP contribution in [-0.4, -0.2) is 21.9 Å². The van der Waals surface area contributed by atoms with Crippen molar-refractivity contribution in [2.45, 2.75) is 18.1 Å². The number of hydrogen-bond acceptors (Lipinski definition) is 5. The average Bonchev–Trinajstić information content (AvgIpc) is 2.72. The highest BCUT2D eigenvalue weighted by Crippen LogP contribution is 2.15. The van der Waals surface area contributed by atoms with Gasteiger partial charge in [-0.05, 0) is 35.4 Å². The number of benzene rings is 2. The van der Waals surface area contributed by atoms with Crippen molar-refractivity contribution in [2.24, 2.45) is 0 Å². The molecule has 0 unspecified atom stereocenters. The Labute approximate surface area is 161 Å². The van der Waals surface area contributed by atoms with Gasteiger partial charge in [-0.25, -0.2) is 4.39 Å². The van der Waals surface area contributed by atoms with E-state index in [1.165, 1.54) is 23.9 Å². The van der Waals surface area contributed by atoms with Gasteiger partial charge in [-0.2, -0.15) is 0 Å². The van der Waals surface area contributed by atoms with E-state index in [-0.39, 0.29) is 17.5 Å². The normalized spacial score (nSPS) is 10.4. The van der Waals surface area contributed by atoms with Crippen LogP contribution >= 0.6 is 11.8 Å². The molecule has 2 aromatic carbocycles. The van der Waals surface area contributed by atoms with Gasteiger partial charge < -0.3 is 10.6 Å². The summed E-state index contributed by atoms with van der Waals surface area (Å²) in [5.41, 5.74) is 2.01. The van der Waals surface area contributed by atoms with E-state index < -0.39 is 0 Å². The maximum atomic E-state index is 12.8. The summed E-state index contributed by atoms with van der Waals surface area (Å²) in [6.07, 6.45) is 0. The van der Waals surface area contributed by atoms with Gasteiger partial charge >= 0.3 is 0 Å². The Morgan fingerprint density at radius 2 is 1.63 bits per heavy atom. The van der Waals surface area contributed by atoms with E-state index in [4.69, 9.17) is 0 Å². The Hall–Kier alpha value is -2.93. The van der Waals surface area contributed by atoms with Crippen molar-refractivity contribution < 1.29 is 9.18 Å². The SMILES string of the molecule is O=C(CSc1ccc(NCc2ccccc2)nn1)NCc1ccc(F)cc1. The molecule has 0 saturated heterocycles. The quantitative estimate of drug-likeness (QED) is 0.582. The molecule has 3 aromatic rings. The highest BCUT2D eigenvalue weighted by Gasteiger charge is 2.05. The first-order valence-corrected chi connectivity index (χ1v) is 9.43. The Morgan fingerprint density at radius 3 is 2.33 bits per heavy atom. The Bertz CT molecular complexity index is 857. The van der Waals surface area contributed by atoms with Crippen LogP contribution in [0, 0.1) is 5.82 Å². The number of amides is 1.